The van der Waals surface area contributed by atoms with Crippen molar-refractivity contribution < 1.29 is 9.47 Å². The molecule has 1 aromatic carbocycles. The van der Waals surface area contributed by atoms with E-state index in [1.807, 2.05) is 6.07 Å². The van der Waals surface area contributed by atoms with E-state index in [-0.39, 0.29) is 5.41 Å². The molecule has 90 valence electrons. The normalized spacial score (nSPS) is 11.3. The highest BCUT2D eigenvalue weighted by Crippen LogP contribution is 2.35. The maximum absolute atomic E-state index is 5.33. The van der Waals surface area contributed by atoms with Gasteiger partial charge < -0.3 is 9.47 Å². The Balaban J connectivity index is 3.07. The molecule has 0 spiro atoms. The Kier molecular flexibility index (Phi) is 4.22. The molecule has 0 aromatic heterocycles. The second-order valence-electron chi connectivity index (χ2n) is 4.70. The van der Waals surface area contributed by atoms with Crippen molar-refractivity contribution in [3.05, 3.63) is 23.8 Å². The van der Waals surface area contributed by atoms with E-state index in [4.69, 9.17) is 9.47 Å². The first kappa shape index (κ1) is 12.9. The van der Waals surface area contributed by atoms with Crippen molar-refractivity contribution >= 4 is 0 Å². The highest BCUT2D eigenvalue weighted by molar-refractivity contribution is 5.44. The highest BCUT2D eigenvalue weighted by Gasteiger charge is 2.20. The van der Waals surface area contributed by atoms with Gasteiger partial charge in [0.25, 0.3) is 0 Å². The zero-order valence-electron chi connectivity index (χ0n) is 11.0. The van der Waals surface area contributed by atoms with Crippen molar-refractivity contribution in [2.45, 2.75) is 39.0 Å². The second kappa shape index (κ2) is 5.24. The number of hydrogen-bond acceptors (Lipinski definition) is 2. The van der Waals surface area contributed by atoms with Crippen molar-refractivity contribution in [2.75, 3.05) is 14.2 Å². The molecular weight excluding hydrogens is 200 g/mol. The summed E-state index contributed by atoms with van der Waals surface area (Å²) < 4.78 is 10.6. The van der Waals surface area contributed by atoms with Crippen LogP contribution in [0, 0.1) is 0 Å². The first-order valence-corrected chi connectivity index (χ1v) is 5.77. The van der Waals surface area contributed by atoms with E-state index in [9.17, 15) is 0 Å². The van der Waals surface area contributed by atoms with Crippen LogP contribution in [-0.4, -0.2) is 14.2 Å². The molecule has 0 heterocycles. The predicted molar refractivity (Wildman–Crippen MR) is 67.5 cm³/mol. The van der Waals surface area contributed by atoms with Crippen molar-refractivity contribution in [3.8, 4) is 11.5 Å². The summed E-state index contributed by atoms with van der Waals surface area (Å²) in [6.07, 6.45) is 2.35. The van der Waals surface area contributed by atoms with Crippen LogP contribution in [0.4, 0.5) is 0 Å². The van der Waals surface area contributed by atoms with Crippen molar-refractivity contribution in [1.82, 2.24) is 0 Å². The Morgan fingerprint density at radius 3 is 2.19 bits per heavy atom. The van der Waals surface area contributed by atoms with Gasteiger partial charge in [-0.2, -0.15) is 0 Å². The third kappa shape index (κ3) is 2.69. The van der Waals surface area contributed by atoms with Crippen LogP contribution in [0.3, 0.4) is 0 Å². The van der Waals surface area contributed by atoms with Crippen LogP contribution in [0.5, 0.6) is 11.5 Å². The number of ether oxygens (including phenoxy) is 2. The second-order valence-corrected chi connectivity index (χ2v) is 4.70. The number of hydrogen-bond donors (Lipinski definition) is 0. The van der Waals surface area contributed by atoms with Gasteiger partial charge in [0.1, 0.15) is 0 Å². The van der Waals surface area contributed by atoms with Gasteiger partial charge in [-0.05, 0) is 29.5 Å². The summed E-state index contributed by atoms with van der Waals surface area (Å²) >= 11 is 0. The molecule has 1 aromatic rings. The molecule has 0 atom stereocenters. The third-order valence-electron chi connectivity index (χ3n) is 3.04. The molecule has 0 unspecified atom stereocenters. The Labute approximate surface area is 98.6 Å². The van der Waals surface area contributed by atoms with E-state index in [1.165, 1.54) is 18.4 Å². The minimum absolute atomic E-state index is 0.189. The summed E-state index contributed by atoms with van der Waals surface area (Å²) in [5, 5.41) is 0. The summed E-state index contributed by atoms with van der Waals surface area (Å²) in [5.41, 5.74) is 1.49. The van der Waals surface area contributed by atoms with Crippen molar-refractivity contribution in [1.29, 1.82) is 0 Å². The SMILES string of the molecule is CCCC(C)(C)c1ccc(OC)c(OC)c1. The van der Waals surface area contributed by atoms with Crippen molar-refractivity contribution in [2.24, 2.45) is 0 Å². The van der Waals surface area contributed by atoms with Crippen LogP contribution >= 0.6 is 0 Å². The van der Waals surface area contributed by atoms with Gasteiger partial charge >= 0.3 is 0 Å². The Hall–Kier alpha value is -1.18. The van der Waals surface area contributed by atoms with Gasteiger partial charge in [-0.15, -0.1) is 0 Å². The van der Waals surface area contributed by atoms with Crippen LogP contribution in [0.2, 0.25) is 0 Å². The summed E-state index contributed by atoms with van der Waals surface area (Å²) in [4.78, 5) is 0. The quantitative estimate of drug-likeness (QED) is 0.754. The highest BCUT2D eigenvalue weighted by atomic mass is 16.5. The van der Waals surface area contributed by atoms with Gasteiger partial charge in [0.05, 0.1) is 14.2 Å². The molecule has 1 rings (SSSR count). The molecule has 2 nitrogen and oxygen atoms in total. The average Bonchev–Trinajstić information content (AvgIpc) is 2.28. The molecular formula is C14H22O2. The van der Waals surface area contributed by atoms with Crippen molar-refractivity contribution in [3.63, 3.8) is 0 Å². The molecule has 0 N–H and O–H groups in total. The van der Waals surface area contributed by atoms with E-state index in [1.54, 1.807) is 14.2 Å². The molecule has 0 fully saturated rings. The monoisotopic (exact) mass is 222 g/mol. The predicted octanol–water partition coefficient (Wildman–Crippen LogP) is 3.78. The van der Waals surface area contributed by atoms with Gasteiger partial charge in [0.2, 0.25) is 0 Å². The lowest BCUT2D eigenvalue weighted by Gasteiger charge is -2.25. The molecule has 0 aliphatic carbocycles. The number of benzene rings is 1. The van der Waals surface area contributed by atoms with Gasteiger partial charge in [0.15, 0.2) is 11.5 Å². The number of rotatable bonds is 5. The van der Waals surface area contributed by atoms with Crippen LogP contribution in [0.1, 0.15) is 39.2 Å². The van der Waals surface area contributed by atoms with Crippen LogP contribution in [0.25, 0.3) is 0 Å². The fraction of sp³-hybridized carbons (Fsp3) is 0.571. The first-order chi connectivity index (χ1) is 7.55. The minimum Gasteiger partial charge on any atom is -0.493 e. The van der Waals surface area contributed by atoms with E-state index < -0.39 is 0 Å². The molecule has 0 radical (unpaired) electrons. The molecule has 2 heteroatoms. The zero-order chi connectivity index (χ0) is 12.2. The Morgan fingerprint density at radius 1 is 1.06 bits per heavy atom. The maximum Gasteiger partial charge on any atom is 0.161 e. The van der Waals surface area contributed by atoms with E-state index >= 15 is 0 Å². The van der Waals surface area contributed by atoms with Crippen LogP contribution in [0.15, 0.2) is 18.2 Å². The van der Waals surface area contributed by atoms with Gasteiger partial charge in [-0.1, -0.05) is 33.3 Å². The summed E-state index contributed by atoms with van der Waals surface area (Å²) in [6, 6.07) is 6.18. The zero-order valence-corrected chi connectivity index (χ0v) is 11.0. The summed E-state index contributed by atoms with van der Waals surface area (Å²) in [6.45, 7) is 6.73. The molecule has 0 saturated carbocycles. The average molecular weight is 222 g/mol. The van der Waals surface area contributed by atoms with E-state index in [0.717, 1.165) is 11.5 Å². The molecule has 0 bridgehead atoms. The van der Waals surface area contributed by atoms with E-state index in [2.05, 4.69) is 32.9 Å². The summed E-state index contributed by atoms with van der Waals surface area (Å²) in [5.74, 6) is 1.60. The Morgan fingerprint density at radius 2 is 1.69 bits per heavy atom. The van der Waals surface area contributed by atoms with Gasteiger partial charge in [-0.25, -0.2) is 0 Å². The minimum atomic E-state index is 0.189. The molecule has 0 amide bonds. The van der Waals surface area contributed by atoms with E-state index in [0.29, 0.717) is 0 Å². The maximum atomic E-state index is 5.33. The lowest BCUT2D eigenvalue weighted by Crippen LogP contribution is -2.16. The lowest BCUT2D eigenvalue weighted by molar-refractivity contribution is 0.352. The largest absolute Gasteiger partial charge is 0.493 e. The fourth-order valence-corrected chi connectivity index (χ4v) is 2.03. The molecule has 0 aliphatic rings. The fourth-order valence-electron chi connectivity index (χ4n) is 2.03. The third-order valence-corrected chi connectivity index (χ3v) is 3.04. The first-order valence-electron chi connectivity index (χ1n) is 5.77. The standard InChI is InChI=1S/C14H22O2/c1-6-9-14(2,3)11-7-8-12(15-4)13(10-11)16-5/h7-8,10H,6,9H2,1-5H3. The number of methoxy groups -OCH3 is 2. The smallest absolute Gasteiger partial charge is 0.161 e. The van der Waals surface area contributed by atoms with Gasteiger partial charge in [0, 0.05) is 0 Å². The van der Waals surface area contributed by atoms with Crippen LogP contribution < -0.4 is 9.47 Å². The molecule has 16 heavy (non-hydrogen) atoms. The van der Waals surface area contributed by atoms with Crippen LogP contribution in [-0.2, 0) is 5.41 Å². The topological polar surface area (TPSA) is 18.5 Å². The molecule has 0 aliphatic heterocycles. The lowest BCUT2D eigenvalue weighted by atomic mass is 9.80. The molecule has 0 saturated heterocycles. The van der Waals surface area contributed by atoms with Gasteiger partial charge in [-0.3, -0.25) is 0 Å². The summed E-state index contributed by atoms with van der Waals surface area (Å²) in [7, 11) is 3.34. The Bertz CT molecular complexity index is 343.